The van der Waals surface area contributed by atoms with E-state index in [2.05, 4.69) is 32.5 Å². The van der Waals surface area contributed by atoms with Gasteiger partial charge in [-0.1, -0.05) is 78.9 Å². The summed E-state index contributed by atoms with van der Waals surface area (Å²) in [6.07, 6.45) is 0. The minimum absolute atomic E-state index is 0.498. The molecule has 3 aromatic carbocycles. The Bertz CT molecular complexity index is 1670. The van der Waals surface area contributed by atoms with Crippen LogP contribution in [0.2, 0.25) is 0 Å². The van der Waals surface area contributed by atoms with Gasteiger partial charge in [-0.15, -0.1) is 21.5 Å². The van der Waals surface area contributed by atoms with Crippen LogP contribution in [0.4, 0.5) is 5.69 Å². The zero-order valence-corrected chi connectivity index (χ0v) is 19.5. The van der Waals surface area contributed by atoms with Crippen molar-refractivity contribution in [2.24, 2.45) is 0 Å². The lowest BCUT2D eigenvalue weighted by Crippen LogP contribution is -1.98. The van der Waals surface area contributed by atoms with Gasteiger partial charge in [-0.3, -0.25) is 9.67 Å². The monoisotopic (exact) mass is 478 g/mol. The van der Waals surface area contributed by atoms with Crippen molar-refractivity contribution in [1.82, 2.24) is 25.0 Å². The first-order chi connectivity index (χ1) is 16.7. The number of thiophene rings is 1. The molecular weight excluding hydrogens is 460 g/mol. The largest absolute Gasteiger partial charge is 0.397 e. The molecule has 6 rings (SSSR count). The molecule has 0 saturated carbocycles. The standard InChI is InChI=1S/C26H18N6S2/c27-21-20-19(16-10-4-1-5-11-16)22(17-12-6-2-7-13-17)28-30-25(20)34-23(21)24-29-31-26(33)32(24)18-14-8-3-9-15-18/h1-15H,27H2,(H,31,33). The lowest BCUT2D eigenvalue weighted by Gasteiger charge is -2.11. The number of nitrogens with two attached hydrogens (primary N) is 1. The summed E-state index contributed by atoms with van der Waals surface area (Å²) in [6, 6.07) is 30.1. The van der Waals surface area contributed by atoms with Gasteiger partial charge < -0.3 is 5.73 Å². The lowest BCUT2D eigenvalue weighted by molar-refractivity contribution is 1.04. The maximum atomic E-state index is 6.85. The van der Waals surface area contributed by atoms with Crippen LogP contribution in [0.1, 0.15) is 0 Å². The fourth-order valence-electron chi connectivity index (χ4n) is 4.12. The molecule has 0 aliphatic carbocycles. The lowest BCUT2D eigenvalue weighted by atomic mass is 9.96. The molecule has 0 spiro atoms. The van der Waals surface area contributed by atoms with Gasteiger partial charge in [0.1, 0.15) is 10.5 Å². The van der Waals surface area contributed by atoms with Crippen LogP contribution in [0.25, 0.3) is 49.0 Å². The van der Waals surface area contributed by atoms with Gasteiger partial charge in [-0.25, -0.2) is 0 Å². The van der Waals surface area contributed by atoms with Crippen LogP contribution < -0.4 is 5.73 Å². The van der Waals surface area contributed by atoms with Crippen molar-refractivity contribution in [3.63, 3.8) is 0 Å². The number of rotatable bonds is 4. The predicted octanol–water partition coefficient (Wildman–Crippen LogP) is 6.52. The number of aromatic nitrogens is 5. The summed E-state index contributed by atoms with van der Waals surface area (Å²) in [5, 5.41) is 17.5. The number of H-pyrrole nitrogens is 1. The Morgan fingerprint density at radius 2 is 1.41 bits per heavy atom. The highest BCUT2D eigenvalue weighted by Crippen LogP contribution is 2.46. The molecule has 0 fully saturated rings. The highest BCUT2D eigenvalue weighted by Gasteiger charge is 2.24. The van der Waals surface area contributed by atoms with E-state index in [1.807, 2.05) is 83.4 Å². The number of benzene rings is 3. The predicted molar refractivity (Wildman–Crippen MR) is 140 cm³/mol. The molecule has 164 valence electrons. The van der Waals surface area contributed by atoms with Gasteiger partial charge in [0, 0.05) is 22.2 Å². The Balaban J connectivity index is 1.66. The van der Waals surface area contributed by atoms with E-state index < -0.39 is 0 Å². The fraction of sp³-hybridized carbons (Fsp3) is 0. The van der Waals surface area contributed by atoms with Crippen LogP contribution in [0.3, 0.4) is 0 Å². The van der Waals surface area contributed by atoms with Gasteiger partial charge in [0.15, 0.2) is 10.6 Å². The maximum absolute atomic E-state index is 6.85. The Labute approximate surface area is 204 Å². The van der Waals surface area contributed by atoms with Crippen LogP contribution >= 0.6 is 23.6 Å². The topological polar surface area (TPSA) is 85.4 Å². The van der Waals surface area contributed by atoms with Crippen molar-refractivity contribution in [2.45, 2.75) is 0 Å². The number of hydrogen-bond donors (Lipinski definition) is 2. The molecule has 0 radical (unpaired) electrons. The van der Waals surface area contributed by atoms with E-state index in [0.717, 1.165) is 43.2 Å². The van der Waals surface area contributed by atoms with E-state index in [9.17, 15) is 0 Å². The summed E-state index contributed by atoms with van der Waals surface area (Å²) in [6.45, 7) is 0. The Kier molecular flexibility index (Phi) is 5.01. The number of fused-ring (bicyclic) bond motifs is 1. The van der Waals surface area contributed by atoms with Crippen molar-refractivity contribution < 1.29 is 0 Å². The van der Waals surface area contributed by atoms with Gasteiger partial charge in [-0.05, 0) is 29.9 Å². The van der Waals surface area contributed by atoms with E-state index in [0.29, 0.717) is 16.3 Å². The quantitative estimate of drug-likeness (QED) is 0.282. The highest BCUT2D eigenvalue weighted by molar-refractivity contribution is 7.71. The minimum atomic E-state index is 0.498. The second-order valence-corrected chi connectivity index (χ2v) is 9.09. The third-order valence-corrected chi connectivity index (χ3v) is 7.01. The number of anilines is 1. The number of para-hydroxylation sites is 1. The molecule has 3 aromatic heterocycles. The van der Waals surface area contributed by atoms with Gasteiger partial charge in [0.2, 0.25) is 0 Å². The molecule has 3 N–H and O–H groups in total. The SMILES string of the molecule is Nc1c(-c2n[nH]c(=S)n2-c2ccccc2)sc2nnc(-c3ccccc3)c(-c3ccccc3)c12. The first-order valence-corrected chi connectivity index (χ1v) is 11.9. The minimum Gasteiger partial charge on any atom is -0.397 e. The molecule has 0 amide bonds. The molecule has 0 saturated heterocycles. The number of nitrogens with zero attached hydrogens (tertiary/aromatic N) is 4. The van der Waals surface area contributed by atoms with Crippen LogP contribution in [0, 0.1) is 4.77 Å². The van der Waals surface area contributed by atoms with Crippen molar-refractivity contribution in [2.75, 3.05) is 5.73 Å². The molecule has 0 aliphatic rings. The second kappa shape index (κ2) is 8.33. The van der Waals surface area contributed by atoms with Gasteiger partial charge in [0.25, 0.3) is 0 Å². The van der Waals surface area contributed by atoms with Crippen molar-refractivity contribution in [3.8, 4) is 38.8 Å². The molecule has 0 atom stereocenters. The smallest absolute Gasteiger partial charge is 0.200 e. The molecule has 6 nitrogen and oxygen atoms in total. The molecule has 0 aliphatic heterocycles. The number of hydrogen-bond acceptors (Lipinski definition) is 6. The van der Waals surface area contributed by atoms with Gasteiger partial charge in [-0.2, -0.15) is 5.10 Å². The average Bonchev–Trinajstić information content (AvgIpc) is 3.44. The number of nitrogen functional groups attached to an aromatic ring is 1. The third-order valence-electron chi connectivity index (χ3n) is 5.65. The van der Waals surface area contributed by atoms with Crippen LogP contribution in [-0.4, -0.2) is 25.0 Å². The van der Waals surface area contributed by atoms with Crippen LogP contribution in [0.15, 0.2) is 91.0 Å². The van der Waals surface area contributed by atoms with Crippen molar-refractivity contribution in [3.05, 3.63) is 95.8 Å². The molecule has 34 heavy (non-hydrogen) atoms. The summed E-state index contributed by atoms with van der Waals surface area (Å²) in [4.78, 5) is 1.54. The number of aromatic amines is 1. The molecular formula is C26H18N6S2. The van der Waals surface area contributed by atoms with Crippen molar-refractivity contribution in [1.29, 1.82) is 0 Å². The molecule has 0 bridgehead atoms. The highest BCUT2D eigenvalue weighted by atomic mass is 32.1. The molecule has 6 aromatic rings. The normalized spacial score (nSPS) is 11.2. The Morgan fingerprint density at radius 3 is 2.09 bits per heavy atom. The maximum Gasteiger partial charge on any atom is 0.200 e. The van der Waals surface area contributed by atoms with Gasteiger partial charge in [0.05, 0.1) is 10.6 Å². The Hall–Kier alpha value is -4.14. The Morgan fingerprint density at radius 1 is 0.794 bits per heavy atom. The van der Waals surface area contributed by atoms with Gasteiger partial charge >= 0.3 is 0 Å². The van der Waals surface area contributed by atoms with E-state index in [-0.39, 0.29) is 0 Å². The average molecular weight is 479 g/mol. The first kappa shape index (κ1) is 20.5. The van der Waals surface area contributed by atoms with Crippen LogP contribution in [0.5, 0.6) is 0 Å². The summed E-state index contributed by atoms with van der Waals surface area (Å²) in [5.74, 6) is 0.650. The van der Waals surface area contributed by atoms with E-state index in [1.54, 1.807) is 0 Å². The van der Waals surface area contributed by atoms with Crippen LogP contribution in [-0.2, 0) is 0 Å². The molecule has 8 heteroatoms. The van der Waals surface area contributed by atoms with E-state index in [4.69, 9.17) is 18.0 Å². The third kappa shape index (κ3) is 3.32. The zero-order chi connectivity index (χ0) is 23.1. The van der Waals surface area contributed by atoms with E-state index in [1.165, 1.54) is 11.3 Å². The zero-order valence-electron chi connectivity index (χ0n) is 17.8. The number of nitrogens with one attached hydrogen (secondary N) is 1. The first-order valence-electron chi connectivity index (χ1n) is 10.6. The summed E-state index contributed by atoms with van der Waals surface area (Å²) in [7, 11) is 0. The summed E-state index contributed by atoms with van der Waals surface area (Å²) < 4.78 is 2.39. The summed E-state index contributed by atoms with van der Waals surface area (Å²) >= 11 is 7.01. The van der Waals surface area contributed by atoms with Crippen molar-refractivity contribution >= 4 is 39.5 Å². The fourth-order valence-corrected chi connectivity index (χ4v) is 5.39. The summed E-state index contributed by atoms with van der Waals surface area (Å²) in [5.41, 5.74) is 12.1. The van der Waals surface area contributed by atoms with E-state index >= 15 is 0 Å². The molecule has 0 unspecified atom stereocenters. The molecule has 3 heterocycles. The second-order valence-electron chi connectivity index (χ2n) is 7.70.